The van der Waals surface area contributed by atoms with Gasteiger partial charge in [0.25, 0.3) is 5.60 Å². The van der Waals surface area contributed by atoms with Gasteiger partial charge in [-0.05, 0) is 13.3 Å². The number of carbonyl (C=O) groups excluding carboxylic acids is 3. The lowest BCUT2D eigenvalue weighted by Crippen LogP contribution is -2.55. The van der Waals surface area contributed by atoms with Crippen molar-refractivity contribution in [1.29, 1.82) is 0 Å². The summed E-state index contributed by atoms with van der Waals surface area (Å²) in [5, 5.41) is 11.8. The van der Waals surface area contributed by atoms with Crippen LogP contribution in [-0.2, 0) is 43.7 Å². The van der Waals surface area contributed by atoms with Crippen LogP contribution in [0, 0.1) is 17.8 Å². The Hall–Kier alpha value is -2.96. The summed E-state index contributed by atoms with van der Waals surface area (Å²) in [5.41, 5.74) is -5.22. The van der Waals surface area contributed by atoms with Crippen molar-refractivity contribution in [1.82, 2.24) is 0 Å². The van der Waals surface area contributed by atoms with Gasteiger partial charge < -0.3 is 28.8 Å². The highest BCUT2D eigenvalue weighted by molar-refractivity contribution is 5.91. The number of aliphatic hydroxyl groups is 1. The molecule has 3 aliphatic rings. The Bertz CT molecular complexity index is 1200. The average molecular weight is 585 g/mol. The Morgan fingerprint density at radius 3 is 2.34 bits per heavy atom. The van der Waals surface area contributed by atoms with Crippen LogP contribution in [0.25, 0.3) is 0 Å². The molecule has 8 atom stereocenters. The van der Waals surface area contributed by atoms with Gasteiger partial charge in [0.05, 0.1) is 17.4 Å². The van der Waals surface area contributed by atoms with Crippen LogP contribution in [0.3, 0.4) is 0 Å². The molecule has 1 N–H and O–H groups in total. The van der Waals surface area contributed by atoms with Gasteiger partial charge >= 0.3 is 24.1 Å². The largest absolute Gasteiger partial charge is 0.461 e. The molecule has 0 aliphatic carbocycles. The fourth-order valence-electron chi connectivity index (χ4n) is 6.08. The van der Waals surface area contributed by atoms with Crippen molar-refractivity contribution in [2.45, 2.75) is 88.4 Å². The number of hydrogen-bond acceptors (Lipinski definition) is 9. The van der Waals surface area contributed by atoms with Gasteiger partial charge in [-0.1, -0.05) is 57.7 Å². The molecule has 0 radical (unpaired) electrons. The zero-order valence-corrected chi connectivity index (χ0v) is 23.5. The molecule has 1 aromatic carbocycles. The Balaban J connectivity index is 1.73. The van der Waals surface area contributed by atoms with Crippen molar-refractivity contribution in [3.63, 3.8) is 0 Å². The van der Waals surface area contributed by atoms with Crippen molar-refractivity contribution in [2.75, 3.05) is 7.11 Å². The third-order valence-corrected chi connectivity index (χ3v) is 8.30. The van der Waals surface area contributed by atoms with Crippen LogP contribution < -0.4 is 0 Å². The van der Waals surface area contributed by atoms with Crippen molar-refractivity contribution in [3.05, 3.63) is 48.0 Å². The molecule has 0 aromatic heterocycles. The van der Waals surface area contributed by atoms with Crippen molar-refractivity contribution >= 4 is 17.9 Å². The number of alkyl halides is 3. The fraction of sp³-hybridized carbons (Fsp3) is 0.621. The molecule has 3 fully saturated rings. The second-order valence-electron chi connectivity index (χ2n) is 11.6. The molecule has 0 spiro atoms. The van der Waals surface area contributed by atoms with E-state index in [2.05, 4.69) is 6.58 Å². The molecule has 4 rings (SSSR count). The predicted molar refractivity (Wildman–Crippen MR) is 136 cm³/mol. The third-order valence-electron chi connectivity index (χ3n) is 8.30. The molecule has 2 bridgehead atoms. The SMILES string of the molecule is C=C1C(=O)O[C@@H]2C[C@H](C)[C@@]3(O)O[C@@](C)(C[C@@H](OC(=O)C(C)C)[C@@H]12)C[C@H]3OC(=O)[C@@](OC)(c1ccccc1)C(F)(F)F. The number of carbonyl (C=O) groups is 3. The summed E-state index contributed by atoms with van der Waals surface area (Å²) in [5.74, 6) is -7.42. The van der Waals surface area contributed by atoms with E-state index in [0.717, 1.165) is 19.2 Å². The molecule has 226 valence electrons. The Morgan fingerprint density at radius 2 is 1.78 bits per heavy atom. The molecular weight excluding hydrogens is 549 g/mol. The van der Waals surface area contributed by atoms with E-state index < -0.39 is 82.7 Å². The van der Waals surface area contributed by atoms with E-state index in [1.54, 1.807) is 27.7 Å². The molecule has 0 saturated carbocycles. The van der Waals surface area contributed by atoms with E-state index in [4.69, 9.17) is 23.7 Å². The Morgan fingerprint density at radius 1 is 1.15 bits per heavy atom. The van der Waals surface area contributed by atoms with Gasteiger partial charge in [0.15, 0.2) is 6.10 Å². The first-order valence-electron chi connectivity index (χ1n) is 13.4. The van der Waals surface area contributed by atoms with Crippen LogP contribution in [0.5, 0.6) is 0 Å². The number of rotatable bonds is 6. The standard InChI is InChI=1S/C29H35F3O9/c1-15(2)23(33)39-20-13-26(5)14-21(28(36,41-26)16(3)12-19-22(20)17(4)24(34)38-19)40-25(35)27(37-6,29(30,31)32)18-10-8-7-9-11-18/h7-11,15-16,19-22,36H,4,12-14H2,1-3,5-6H3/t16-,19+,20+,21+,22-,26-,27-,28+/m0/s1. The summed E-state index contributed by atoms with van der Waals surface area (Å²) in [6.07, 6.45) is -9.01. The zero-order valence-electron chi connectivity index (χ0n) is 23.5. The zero-order chi connectivity index (χ0) is 30.5. The third kappa shape index (κ3) is 5.25. The molecule has 12 heteroatoms. The van der Waals surface area contributed by atoms with Crippen molar-refractivity contribution in [2.24, 2.45) is 17.8 Å². The molecular formula is C29H35F3O9. The van der Waals surface area contributed by atoms with Gasteiger partial charge in [0, 0.05) is 37.0 Å². The second kappa shape index (κ2) is 10.7. The highest BCUT2D eigenvalue weighted by Crippen LogP contribution is 2.52. The molecule has 0 amide bonds. The van der Waals surface area contributed by atoms with Gasteiger partial charge in [-0.2, -0.15) is 13.2 Å². The normalized spacial score (nSPS) is 35.0. The van der Waals surface area contributed by atoms with Crippen LogP contribution in [0.15, 0.2) is 42.5 Å². The smallest absolute Gasteiger partial charge is 0.432 e. The van der Waals surface area contributed by atoms with E-state index >= 15 is 0 Å². The first kappa shape index (κ1) is 31.0. The average Bonchev–Trinajstić information content (AvgIpc) is 3.30. The van der Waals surface area contributed by atoms with E-state index in [1.807, 2.05) is 0 Å². The topological polar surface area (TPSA) is 118 Å². The predicted octanol–water partition coefficient (Wildman–Crippen LogP) is 3.97. The Kier molecular flexibility index (Phi) is 8.09. The highest BCUT2D eigenvalue weighted by Gasteiger charge is 2.67. The van der Waals surface area contributed by atoms with Crippen LogP contribution in [0.4, 0.5) is 13.2 Å². The number of esters is 3. The molecule has 1 aromatic rings. The molecule has 3 heterocycles. The number of benzene rings is 1. The van der Waals surface area contributed by atoms with E-state index in [9.17, 15) is 32.7 Å². The summed E-state index contributed by atoms with van der Waals surface area (Å²) in [6.45, 7) is 10.2. The maximum atomic E-state index is 14.5. The Labute approximate surface area is 235 Å². The lowest BCUT2D eigenvalue weighted by atomic mass is 9.78. The summed E-state index contributed by atoms with van der Waals surface area (Å²) < 4.78 is 71.3. The lowest BCUT2D eigenvalue weighted by Gasteiger charge is -2.38. The maximum Gasteiger partial charge on any atom is 0.432 e. The van der Waals surface area contributed by atoms with Crippen molar-refractivity contribution < 1.29 is 56.3 Å². The minimum absolute atomic E-state index is 0.0425. The summed E-state index contributed by atoms with van der Waals surface area (Å²) in [7, 11) is 0.749. The number of hydrogen-bond donors (Lipinski definition) is 1. The monoisotopic (exact) mass is 584 g/mol. The number of fused-ring (bicyclic) bond motifs is 3. The molecule has 0 unspecified atom stereocenters. The maximum absolute atomic E-state index is 14.5. The van der Waals surface area contributed by atoms with E-state index in [0.29, 0.717) is 0 Å². The van der Waals surface area contributed by atoms with Gasteiger partial charge in [-0.15, -0.1) is 0 Å². The minimum atomic E-state index is -5.22. The summed E-state index contributed by atoms with van der Waals surface area (Å²) in [6, 6.07) is 6.33. The number of halogens is 3. The molecule has 3 saturated heterocycles. The summed E-state index contributed by atoms with van der Waals surface area (Å²) >= 11 is 0. The van der Waals surface area contributed by atoms with E-state index in [-0.39, 0.29) is 24.8 Å². The number of ether oxygens (including phenoxy) is 5. The fourth-order valence-corrected chi connectivity index (χ4v) is 6.08. The van der Waals surface area contributed by atoms with Crippen LogP contribution in [0.1, 0.15) is 52.5 Å². The van der Waals surface area contributed by atoms with Gasteiger partial charge in [-0.3, -0.25) is 4.79 Å². The van der Waals surface area contributed by atoms with Crippen LogP contribution in [-0.4, -0.2) is 66.0 Å². The highest BCUT2D eigenvalue weighted by atomic mass is 19.4. The molecule has 41 heavy (non-hydrogen) atoms. The van der Waals surface area contributed by atoms with Gasteiger partial charge in [0.2, 0.25) is 5.79 Å². The first-order chi connectivity index (χ1) is 19.0. The van der Waals surface area contributed by atoms with Gasteiger partial charge in [0.1, 0.15) is 12.2 Å². The first-order valence-corrected chi connectivity index (χ1v) is 13.4. The number of methoxy groups -OCH3 is 1. The van der Waals surface area contributed by atoms with Crippen LogP contribution >= 0.6 is 0 Å². The lowest BCUT2D eigenvalue weighted by molar-refractivity contribution is -0.299. The molecule has 9 nitrogen and oxygen atoms in total. The van der Waals surface area contributed by atoms with Gasteiger partial charge in [-0.25, -0.2) is 9.59 Å². The minimum Gasteiger partial charge on any atom is -0.461 e. The van der Waals surface area contributed by atoms with Crippen LogP contribution in [0.2, 0.25) is 0 Å². The summed E-state index contributed by atoms with van der Waals surface area (Å²) in [4.78, 5) is 38.6. The van der Waals surface area contributed by atoms with E-state index in [1.165, 1.54) is 18.2 Å². The van der Waals surface area contributed by atoms with Crippen molar-refractivity contribution in [3.8, 4) is 0 Å². The quantitative estimate of drug-likeness (QED) is 0.301. The molecule has 3 aliphatic heterocycles. The second-order valence-corrected chi connectivity index (χ2v) is 11.6.